The van der Waals surface area contributed by atoms with Crippen molar-refractivity contribution in [2.24, 2.45) is 0 Å². The third kappa shape index (κ3) is 4.42. The zero-order chi connectivity index (χ0) is 22.9. The van der Waals surface area contributed by atoms with Gasteiger partial charge in [-0.15, -0.1) is 0 Å². The SMILES string of the molecule is O=C(COc1ccc(Cl)c(F)c1)NC12CCC(NC(=O)c3ccccc3F)(CC1)C[C@@H]2O. The van der Waals surface area contributed by atoms with Crippen LogP contribution >= 0.6 is 11.6 Å². The van der Waals surface area contributed by atoms with Crippen LogP contribution in [0.1, 0.15) is 42.5 Å². The first kappa shape index (κ1) is 22.5. The van der Waals surface area contributed by atoms with Crippen molar-refractivity contribution < 1.29 is 28.2 Å². The maximum Gasteiger partial charge on any atom is 0.258 e. The normalized spacial score (nSPS) is 26.4. The number of ether oxygens (including phenoxy) is 1. The summed E-state index contributed by atoms with van der Waals surface area (Å²) in [5, 5.41) is 16.5. The van der Waals surface area contributed by atoms with E-state index in [9.17, 15) is 23.5 Å². The third-order valence-electron chi connectivity index (χ3n) is 6.47. The van der Waals surface area contributed by atoms with Crippen LogP contribution in [0.4, 0.5) is 8.78 Å². The highest BCUT2D eigenvalue weighted by atomic mass is 35.5. The summed E-state index contributed by atoms with van der Waals surface area (Å²) in [7, 11) is 0. The monoisotopic (exact) mass is 464 g/mol. The Morgan fingerprint density at radius 3 is 2.44 bits per heavy atom. The molecule has 0 heterocycles. The maximum absolute atomic E-state index is 14.0. The molecule has 3 aliphatic carbocycles. The summed E-state index contributed by atoms with van der Waals surface area (Å²) >= 11 is 5.63. The molecule has 170 valence electrons. The molecule has 0 spiro atoms. The Kier molecular flexibility index (Phi) is 6.09. The highest BCUT2D eigenvalue weighted by Crippen LogP contribution is 2.47. The Morgan fingerprint density at radius 2 is 1.78 bits per heavy atom. The Labute approximate surface area is 188 Å². The van der Waals surface area contributed by atoms with Gasteiger partial charge in [-0.25, -0.2) is 8.78 Å². The predicted octanol–water partition coefficient (Wildman–Crippen LogP) is 3.36. The summed E-state index contributed by atoms with van der Waals surface area (Å²) in [6.07, 6.45) is 1.33. The first-order valence-electron chi connectivity index (χ1n) is 10.4. The number of benzene rings is 2. The van der Waals surface area contributed by atoms with E-state index < -0.39 is 40.6 Å². The number of amides is 2. The fourth-order valence-electron chi connectivity index (χ4n) is 4.64. The molecule has 3 N–H and O–H groups in total. The van der Waals surface area contributed by atoms with Crippen LogP contribution in [0.25, 0.3) is 0 Å². The van der Waals surface area contributed by atoms with Gasteiger partial charge in [-0.1, -0.05) is 23.7 Å². The van der Waals surface area contributed by atoms with Gasteiger partial charge in [-0.2, -0.15) is 0 Å². The predicted molar refractivity (Wildman–Crippen MR) is 113 cm³/mol. The molecule has 3 fully saturated rings. The lowest BCUT2D eigenvalue weighted by molar-refractivity contribution is -0.132. The van der Waals surface area contributed by atoms with Gasteiger partial charge in [0.25, 0.3) is 11.8 Å². The topological polar surface area (TPSA) is 87.7 Å². The van der Waals surface area contributed by atoms with Crippen molar-refractivity contribution in [3.63, 3.8) is 0 Å². The smallest absolute Gasteiger partial charge is 0.258 e. The second-order valence-corrected chi connectivity index (χ2v) is 8.91. The fraction of sp³-hybridized carbons (Fsp3) is 0.391. The van der Waals surface area contributed by atoms with E-state index in [4.69, 9.17) is 16.3 Å². The van der Waals surface area contributed by atoms with Crippen molar-refractivity contribution in [3.8, 4) is 5.75 Å². The van der Waals surface area contributed by atoms with Crippen molar-refractivity contribution in [1.29, 1.82) is 0 Å². The molecule has 0 unspecified atom stereocenters. The quantitative estimate of drug-likeness (QED) is 0.611. The minimum absolute atomic E-state index is 0.0390. The average molecular weight is 465 g/mol. The number of aliphatic hydroxyl groups excluding tert-OH is 1. The van der Waals surface area contributed by atoms with Crippen LogP contribution < -0.4 is 15.4 Å². The number of fused-ring (bicyclic) bond motifs is 3. The second-order valence-electron chi connectivity index (χ2n) is 8.50. The van der Waals surface area contributed by atoms with Crippen molar-refractivity contribution in [2.45, 2.75) is 49.3 Å². The van der Waals surface area contributed by atoms with Gasteiger partial charge in [0.2, 0.25) is 0 Å². The number of halogens is 3. The molecule has 5 rings (SSSR count). The van der Waals surface area contributed by atoms with Gasteiger partial charge in [0.05, 0.1) is 22.2 Å². The van der Waals surface area contributed by atoms with Gasteiger partial charge in [-0.05, 0) is 56.4 Å². The van der Waals surface area contributed by atoms with Crippen LogP contribution in [0.3, 0.4) is 0 Å². The number of carbonyl (C=O) groups excluding carboxylic acids is 2. The van der Waals surface area contributed by atoms with Gasteiger partial charge in [0.15, 0.2) is 6.61 Å². The summed E-state index contributed by atoms with van der Waals surface area (Å²) < 4.78 is 32.8. The van der Waals surface area contributed by atoms with Crippen molar-refractivity contribution in [3.05, 3.63) is 64.7 Å². The molecule has 0 saturated heterocycles. The number of hydrogen-bond donors (Lipinski definition) is 3. The Hall–Kier alpha value is -2.71. The maximum atomic E-state index is 14.0. The van der Waals surface area contributed by atoms with Crippen LogP contribution in [0.15, 0.2) is 42.5 Å². The largest absolute Gasteiger partial charge is 0.484 e. The number of nitrogens with one attached hydrogen (secondary N) is 2. The van der Waals surface area contributed by atoms with E-state index in [2.05, 4.69) is 10.6 Å². The molecule has 2 aromatic rings. The molecule has 2 aromatic carbocycles. The van der Waals surface area contributed by atoms with Gasteiger partial charge < -0.3 is 20.5 Å². The number of rotatable bonds is 6. The highest BCUT2D eigenvalue weighted by molar-refractivity contribution is 6.30. The van der Waals surface area contributed by atoms with Crippen molar-refractivity contribution in [1.82, 2.24) is 10.6 Å². The summed E-state index contributed by atoms with van der Waals surface area (Å²) in [5.74, 6) is -2.04. The highest BCUT2D eigenvalue weighted by Gasteiger charge is 2.55. The minimum atomic E-state index is -0.886. The molecular weight excluding hydrogens is 442 g/mol. The Morgan fingerprint density at radius 1 is 1.06 bits per heavy atom. The average Bonchev–Trinajstić information content (AvgIpc) is 2.76. The van der Waals surface area contributed by atoms with Crippen LogP contribution in [-0.2, 0) is 4.79 Å². The number of hydrogen-bond acceptors (Lipinski definition) is 4. The molecule has 6 nitrogen and oxygen atoms in total. The number of aliphatic hydroxyl groups is 1. The zero-order valence-electron chi connectivity index (χ0n) is 17.2. The van der Waals surface area contributed by atoms with Gasteiger partial charge in [0, 0.05) is 11.6 Å². The molecule has 3 saturated carbocycles. The van der Waals surface area contributed by atoms with E-state index in [0.717, 1.165) is 6.07 Å². The van der Waals surface area contributed by atoms with Gasteiger partial charge >= 0.3 is 0 Å². The van der Waals surface area contributed by atoms with E-state index in [1.165, 1.54) is 30.3 Å². The first-order chi connectivity index (χ1) is 15.2. The molecule has 2 amide bonds. The van der Waals surface area contributed by atoms with E-state index in [-0.39, 0.29) is 29.4 Å². The van der Waals surface area contributed by atoms with E-state index in [1.54, 1.807) is 6.07 Å². The summed E-state index contributed by atoms with van der Waals surface area (Å²) in [6.45, 7) is -0.343. The molecule has 32 heavy (non-hydrogen) atoms. The van der Waals surface area contributed by atoms with Crippen LogP contribution in [0, 0.1) is 11.6 Å². The summed E-state index contributed by atoms with van der Waals surface area (Å²) in [6, 6.07) is 9.64. The molecule has 0 radical (unpaired) electrons. The lowest BCUT2D eigenvalue weighted by Gasteiger charge is -2.56. The first-order valence-corrected chi connectivity index (χ1v) is 10.7. The minimum Gasteiger partial charge on any atom is -0.484 e. The van der Waals surface area contributed by atoms with Crippen LogP contribution in [-0.4, -0.2) is 40.7 Å². The molecule has 9 heteroatoms. The number of carbonyl (C=O) groups is 2. The second kappa shape index (κ2) is 8.67. The van der Waals surface area contributed by atoms with Crippen LogP contribution in [0.5, 0.6) is 5.75 Å². The van der Waals surface area contributed by atoms with Crippen molar-refractivity contribution >= 4 is 23.4 Å². The van der Waals surface area contributed by atoms with Crippen LogP contribution in [0.2, 0.25) is 5.02 Å². The summed E-state index contributed by atoms with van der Waals surface area (Å²) in [4.78, 5) is 25.1. The Balaban J connectivity index is 1.35. The summed E-state index contributed by atoms with van der Waals surface area (Å²) in [5.41, 5.74) is -1.51. The van der Waals surface area contributed by atoms with Crippen molar-refractivity contribution in [2.75, 3.05) is 6.61 Å². The van der Waals surface area contributed by atoms with E-state index in [1.807, 2.05) is 0 Å². The zero-order valence-corrected chi connectivity index (χ0v) is 17.9. The lowest BCUT2D eigenvalue weighted by Crippen LogP contribution is -2.70. The molecule has 0 aliphatic heterocycles. The molecule has 1 atom stereocenters. The van der Waals surface area contributed by atoms with Gasteiger partial charge in [0.1, 0.15) is 17.4 Å². The van der Waals surface area contributed by atoms with Gasteiger partial charge in [-0.3, -0.25) is 9.59 Å². The lowest BCUT2D eigenvalue weighted by atomic mass is 9.60. The van der Waals surface area contributed by atoms with E-state index >= 15 is 0 Å². The molecular formula is C23H23ClF2N2O4. The molecule has 3 aliphatic rings. The standard InChI is InChI=1S/C23H23ClF2N2O4/c24-16-6-5-14(11-18(16)26)32-13-20(30)27-23-9-7-22(8-10-23,12-19(23)29)28-21(31)15-3-1-2-4-17(15)25/h1-6,11,19,29H,7-10,12-13H2,(H,27,30)(H,28,31)/t19-,22?,23?/m0/s1. The molecule has 0 aromatic heterocycles. The molecule has 2 bridgehead atoms. The Bertz CT molecular complexity index is 1040. The third-order valence-corrected chi connectivity index (χ3v) is 6.77. The van der Waals surface area contributed by atoms with E-state index in [0.29, 0.717) is 25.7 Å². The fourth-order valence-corrected chi connectivity index (χ4v) is 4.76.